The van der Waals surface area contributed by atoms with Crippen LogP contribution in [0.5, 0.6) is 0 Å². The Kier molecular flexibility index (Phi) is 6.48. The van der Waals surface area contributed by atoms with Crippen molar-refractivity contribution in [1.29, 1.82) is 0 Å². The van der Waals surface area contributed by atoms with Gasteiger partial charge in [0.25, 0.3) is 0 Å². The number of piperidine rings is 1. The van der Waals surface area contributed by atoms with Crippen LogP contribution in [0, 0.1) is 11.8 Å². The Balaban J connectivity index is 1.26. The molecule has 1 saturated carbocycles. The standard InChI is InChI=1S/C21H29F3N4O2/c22-21(23,24)18-2-1-7-25-20(18)26-10-17-13-28(19(29)14-30-17)12-16-5-8-27(9-6-16)11-15-3-4-15/h1-2,7,15-17H,3-6,8-14H2,(H,25,26)/t17-/m1/s1. The molecule has 0 aromatic carbocycles. The second kappa shape index (κ2) is 9.09. The summed E-state index contributed by atoms with van der Waals surface area (Å²) >= 11 is 0. The van der Waals surface area contributed by atoms with Crippen molar-refractivity contribution < 1.29 is 22.7 Å². The average Bonchev–Trinajstić information content (AvgIpc) is 3.53. The predicted molar refractivity (Wildman–Crippen MR) is 106 cm³/mol. The highest BCUT2D eigenvalue weighted by Gasteiger charge is 2.35. The molecule has 1 amide bonds. The number of carbonyl (C=O) groups excluding carboxylic acids is 1. The number of anilines is 1. The van der Waals surface area contributed by atoms with Crippen molar-refractivity contribution in [2.75, 3.05) is 51.2 Å². The van der Waals surface area contributed by atoms with Crippen LogP contribution in [0.3, 0.4) is 0 Å². The summed E-state index contributed by atoms with van der Waals surface area (Å²) in [5.41, 5.74) is -0.799. The van der Waals surface area contributed by atoms with Gasteiger partial charge in [-0.1, -0.05) is 0 Å². The highest BCUT2D eigenvalue weighted by molar-refractivity contribution is 5.78. The number of hydrogen-bond donors (Lipinski definition) is 1. The first-order valence-electron chi connectivity index (χ1n) is 10.8. The van der Waals surface area contributed by atoms with Gasteiger partial charge in [0.1, 0.15) is 12.4 Å². The number of carbonyl (C=O) groups is 1. The lowest BCUT2D eigenvalue weighted by atomic mass is 9.95. The summed E-state index contributed by atoms with van der Waals surface area (Å²) in [6.45, 7) is 4.63. The Labute approximate surface area is 174 Å². The summed E-state index contributed by atoms with van der Waals surface area (Å²) in [6, 6.07) is 2.27. The lowest BCUT2D eigenvalue weighted by Gasteiger charge is -2.38. The highest BCUT2D eigenvalue weighted by atomic mass is 19.4. The molecular formula is C21H29F3N4O2. The molecule has 1 aromatic rings. The van der Waals surface area contributed by atoms with Crippen molar-refractivity contribution >= 4 is 11.7 Å². The highest BCUT2D eigenvalue weighted by Crippen LogP contribution is 2.33. The van der Waals surface area contributed by atoms with Crippen molar-refractivity contribution in [3.05, 3.63) is 23.9 Å². The van der Waals surface area contributed by atoms with Gasteiger partial charge in [0.05, 0.1) is 11.7 Å². The van der Waals surface area contributed by atoms with Crippen LogP contribution in [0.15, 0.2) is 18.3 Å². The van der Waals surface area contributed by atoms with Gasteiger partial charge in [-0.3, -0.25) is 4.79 Å². The van der Waals surface area contributed by atoms with Crippen LogP contribution in [0.2, 0.25) is 0 Å². The van der Waals surface area contributed by atoms with E-state index in [0.29, 0.717) is 19.0 Å². The molecule has 6 nitrogen and oxygen atoms in total. The Morgan fingerprint density at radius 1 is 1.13 bits per heavy atom. The molecule has 1 atom stereocenters. The van der Waals surface area contributed by atoms with Crippen molar-refractivity contribution in [1.82, 2.24) is 14.8 Å². The number of aromatic nitrogens is 1. The summed E-state index contributed by atoms with van der Waals surface area (Å²) in [5.74, 6) is 1.12. The number of rotatable bonds is 7. The number of hydrogen-bond acceptors (Lipinski definition) is 5. The summed E-state index contributed by atoms with van der Waals surface area (Å²) in [5, 5.41) is 2.76. The van der Waals surface area contributed by atoms with Crippen LogP contribution in [-0.2, 0) is 15.7 Å². The number of nitrogens with one attached hydrogen (secondary N) is 1. The third kappa shape index (κ3) is 5.63. The fourth-order valence-corrected chi connectivity index (χ4v) is 4.29. The maximum absolute atomic E-state index is 13.1. The summed E-state index contributed by atoms with van der Waals surface area (Å²) in [6.07, 6.45) is 1.39. The Hall–Kier alpha value is -1.87. The van der Waals surface area contributed by atoms with E-state index in [9.17, 15) is 18.0 Å². The van der Waals surface area contributed by atoms with E-state index < -0.39 is 11.7 Å². The average molecular weight is 426 g/mol. The van der Waals surface area contributed by atoms with Crippen LogP contribution in [0.1, 0.15) is 31.2 Å². The minimum atomic E-state index is -4.47. The van der Waals surface area contributed by atoms with Crippen molar-refractivity contribution in [2.24, 2.45) is 11.8 Å². The van der Waals surface area contributed by atoms with Crippen LogP contribution in [0.4, 0.5) is 19.0 Å². The van der Waals surface area contributed by atoms with E-state index in [2.05, 4.69) is 15.2 Å². The zero-order valence-corrected chi connectivity index (χ0v) is 17.0. The monoisotopic (exact) mass is 426 g/mol. The van der Waals surface area contributed by atoms with Gasteiger partial charge < -0.3 is 19.9 Å². The second-order valence-electron chi connectivity index (χ2n) is 8.70. The number of ether oxygens (including phenoxy) is 1. The molecular weight excluding hydrogens is 397 g/mol. The molecule has 0 unspecified atom stereocenters. The topological polar surface area (TPSA) is 57.7 Å². The predicted octanol–water partition coefficient (Wildman–Crippen LogP) is 2.86. The fourth-order valence-electron chi connectivity index (χ4n) is 4.29. The van der Waals surface area contributed by atoms with Gasteiger partial charge in [-0.05, 0) is 62.7 Å². The maximum atomic E-state index is 13.1. The minimum Gasteiger partial charge on any atom is -0.367 e. The molecule has 166 valence electrons. The normalized spacial score (nSPS) is 24.3. The molecule has 9 heteroatoms. The third-order valence-corrected chi connectivity index (χ3v) is 6.23. The molecule has 0 bridgehead atoms. The zero-order valence-electron chi connectivity index (χ0n) is 17.0. The number of nitrogens with zero attached hydrogens (tertiary/aromatic N) is 3. The van der Waals surface area contributed by atoms with Crippen molar-refractivity contribution in [2.45, 2.75) is 38.0 Å². The van der Waals surface area contributed by atoms with Gasteiger partial charge in [0, 0.05) is 32.4 Å². The number of pyridine rings is 1. The minimum absolute atomic E-state index is 0.0266. The van der Waals surface area contributed by atoms with E-state index in [0.717, 1.165) is 37.9 Å². The van der Waals surface area contributed by atoms with Crippen molar-refractivity contribution in [3.63, 3.8) is 0 Å². The van der Waals surface area contributed by atoms with Gasteiger partial charge in [0.15, 0.2) is 0 Å². The number of halogens is 3. The van der Waals surface area contributed by atoms with Crippen LogP contribution in [-0.4, -0.2) is 72.7 Å². The molecule has 0 spiro atoms. The van der Waals surface area contributed by atoms with Gasteiger partial charge in [-0.25, -0.2) is 4.98 Å². The molecule has 2 aliphatic heterocycles. The van der Waals surface area contributed by atoms with E-state index in [-0.39, 0.29) is 31.0 Å². The number of amides is 1. The smallest absolute Gasteiger partial charge is 0.367 e. The molecule has 2 saturated heterocycles. The van der Waals surface area contributed by atoms with Gasteiger partial charge >= 0.3 is 6.18 Å². The van der Waals surface area contributed by atoms with E-state index in [1.807, 2.05) is 4.90 Å². The fraction of sp³-hybridized carbons (Fsp3) is 0.714. The first kappa shape index (κ1) is 21.4. The molecule has 3 aliphatic rings. The van der Waals surface area contributed by atoms with Crippen LogP contribution in [0.25, 0.3) is 0 Å². The van der Waals surface area contributed by atoms with E-state index in [4.69, 9.17) is 4.74 Å². The lowest BCUT2D eigenvalue weighted by molar-refractivity contribution is -0.149. The van der Waals surface area contributed by atoms with Crippen LogP contribution < -0.4 is 5.32 Å². The largest absolute Gasteiger partial charge is 0.419 e. The van der Waals surface area contributed by atoms with Gasteiger partial charge in [-0.2, -0.15) is 13.2 Å². The van der Waals surface area contributed by atoms with Crippen molar-refractivity contribution in [3.8, 4) is 0 Å². The number of likely N-dealkylation sites (tertiary alicyclic amines) is 1. The molecule has 1 aliphatic carbocycles. The first-order valence-corrected chi connectivity index (χ1v) is 10.8. The Morgan fingerprint density at radius 3 is 2.57 bits per heavy atom. The second-order valence-corrected chi connectivity index (χ2v) is 8.70. The van der Waals surface area contributed by atoms with Gasteiger partial charge in [0.2, 0.25) is 5.91 Å². The van der Waals surface area contributed by atoms with E-state index in [1.165, 1.54) is 31.6 Å². The molecule has 3 fully saturated rings. The zero-order chi connectivity index (χ0) is 21.1. The Morgan fingerprint density at radius 2 is 1.87 bits per heavy atom. The quantitative estimate of drug-likeness (QED) is 0.727. The first-order chi connectivity index (χ1) is 14.4. The summed E-state index contributed by atoms with van der Waals surface area (Å²) < 4.78 is 44.9. The van der Waals surface area contributed by atoms with Crippen LogP contribution >= 0.6 is 0 Å². The third-order valence-electron chi connectivity index (χ3n) is 6.23. The lowest BCUT2D eigenvalue weighted by Crippen LogP contribution is -2.51. The molecule has 3 heterocycles. The maximum Gasteiger partial charge on any atom is 0.419 e. The molecule has 30 heavy (non-hydrogen) atoms. The van der Waals surface area contributed by atoms with E-state index in [1.54, 1.807) is 0 Å². The molecule has 0 radical (unpaired) electrons. The molecule has 1 N–H and O–H groups in total. The summed E-state index contributed by atoms with van der Waals surface area (Å²) in [4.78, 5) is 20.5. The number of morpholine rings is 1. The summed E-state index contributed by atoms with van der Waals surface area (Å²) in [7, 11) is 0. The SMILES string of the molecule is O=C1CO[C@H](CNc2ncccc2C(F)(F)F)CN1CC1CCN(CC2CC2)CC1. The van der Waals surface area contributed by atoms with E-state index >= 15 is 0 Å². The Bertz CT molecular complexity index is 733. The van der Waals surface area contributed by atoms with Gasteiger partial charge in [-0.15, -0.1) is 0 Å². The molecule has 4 rings (SSSR count). The number of alkyl halides is 3. The molecule has 1 aromatic heterocycles.